The van der Waals surface area contributed by atoms with Gasteiger partial charge in [-0.1, -0.05) is 41.4 Å². The highest BCUT2D eigenvalue weighted by molar-refractivity contribution is 6.42. The van der Waals surface area contributed by atoms with Crippen molar-refractivity contribution in [2.24, 2.45) is 0 Å². The molecule has 5 rings (SSSR count). The SMILES string of the molecule is COC(=O)C1Cc2cc3c(cc2CN1C(=O)OC(C)C)O[C@@H](c1ccc(OCc2ccc(Cl)c(Cl)c2)cc1)C(=O)N3. The van der Waals surface area contributed by atoms with E-state index < -0.39 is 24.2 Å². The van der Waals surface area contributed by atoms with Crippen molar-refractivity contribution < 1.29 is 33.3 Å². The minimum atomic E-state index is -0.891. The Bertz CT molecular complexity index is 1490. The lowest BCUT2D eigenvalue weighted by molar-refractivity contribution is -0.147. The van der Waals surface area contributed by atoms with Gasteiger partial charge in [-0.2, -0.15) is 0 Å². The molecule has 0 aromatic heterocycles. The van der Waals surface area contributed by atoms with Crippen LogP contribution >= 0.6 is 23.2 Å². The number of nitrogens with one attached hydrogen (secondary N) is 1. The number of nitrogens with zero attached hydrogens (tertiary/aromatic N) is 1. The summed E-state index contributed by atoms with van der Waals surface area (Å²) in [6.07, 6.45) is -1.63. The Labute approximate surface area is 247 Å². The molecule has 0 bridgehead atoms. The summed E-state index contributed by atoms with van der Waals surface area (Å²) >= 11 is 12.0. The van der Waals surface area contributed by atoms with E-state index in [-0.39, 0.29) is 25.0 Å². The van der Waals surface area contributed by atoms with Crippen molar-refractivity contribution in [3.63, 3.8) is 0 Å². The highest BCUT2D eigenvalue weighted by Crippen LogP contribution is 2.40. The van der Waals surface area contributed by atoms with E-state index in [4.69, 9.17) is 42.1 Å². The van der Waals surface area contributed by atoms with Crippen LogP contribution in [0.2, 0.25) is 10.0 Å². The fourth-order valence-corrected chi connectivity index (χ4v) is 5.07. The summed E-state index contributed by atoms with van der Waals surface area (Å²) in [5.74, 6) is 0.198. The molecule has 0 saturated heterocycles. The molecule has 2 aliphatic heterocycles. The van der Waals surface area contributed by atoms with Gasteiger partial charge < -0.3 is 24.3 Å². The van der Waals surface area contributed by atoms with E-state index in [0.29, 0.717) is 39.4 Å². The number of rotatable bonds is 6. The molecular weight excluding hydrogens is 571 g/mol. The molecule has 2 atom stereocenters. The van der Waals surface area contributed by atoms with Crippen LogP contribution in [0.5, 0.6) is 11.5 Å². The number of benzene rings is 3. The summed E-state index contributed by atoms with van der Waals surface area (Å²) in [4.78, 5) is 39.6. The van der Waals surface area contributed by atoms with Gasteiger partial charge in [0.15, 0.2) is 0 Å². The van der Waals surface area contributed by atoms with E-state index in [1.54, 1.807) is 62.4 Å². The molecule has 9 nitrogen and oxygen atoms in total. The maximum absolute atomic E-state index is 13.0. The van der Waals surface area contributed by atoms with E-state index in [0.717, 1.165) is 16.7 Å². The maximum Gasteiger partial charge on any atom is 0.411 e. The molecule has 11 heteroatoms. The maximum atomic E-state index is 13.0. The lowest BCUT2D eigenvalue weighted by Gasteiger charge is -2.36. The Morgan fingerprint density at radius 3 is 2.49 bits per heavy atom. The van der Waals surface area contributed by atoms with Gasteiger partial charge in [0.2, 0.25) is 6.10 Å². The number of hydrogen-bond acceptors (Lipinski definition) is 7. The Hall–Kier alpha value is -3.95. The van der Waals surface area contributed by atoms with Crippen LogP contribution in [0.15, 0.2) is 54.6 Å². The molecule has 3 aromatic rings. The first-order valence-corrected chi connectivity index (χ1v) is 13.7. The average Bonchev–Trinajstić information content (AvgIpc) is 2.95. The standard InChI is InChI=1S/C30H28Cl2N2O7/c1-16(2)40-30(37)34-14-20-13-26-24(11-19(20)12-25(34)29(36)38-3)33-28(35)27(41-26)18-5-7-21(8-6-18)39-15-17-4-9-22(31)23(32)10-17/h4-11,13,16,25,27H,12,14-15H2,1-3H3,(H,33,35)/t25?,27-/m0/s1. The van der Waals surface area contributed by atoms with Crippen molar-refractivity contribution in [1.82, 2.24) is 4.90 Å². The normalized spacial score (nSPS) is 17.6. The predicted molar refractivity (Wildman–Crippen MR) is 152 cm³/mol. The molecule has 214 valence electrons. The number of amides is 2. The van der Waals surface area contributed by atoms with Gasteiger partial charge in [0.1, 0.15) is 24.1 Å². The monoisotopic (exact) mass is 598 g/mol. The summed E-state index contributed by atoms with van der Waals surface area (Å²) < 4.78 is 22.3. The van der Waals surface area contributed by atoms with Gasteiger partial charge in [-0.05, 0) is 66.9 Å². The molecule has 2 aliphatic rings. The number of anilines is 1. The number of carbonyl (C=O) groups is 3. The molecule has 1 N–H and O–H groups in total. The first-order chi connectivity index (χ1) is 19.6. The molecule has 3 aromatic carbocycles. The van der Waals surface area contributed by atoms with Gasteiger partial charge in [-0.3, -0.25) is 9.69 Å². The number of esters is 1. The van der Waals surface area contributed by atoms with Crippen LogP contribution in [0.3, 0.4) is 0 Å². The Kier molecular flexibility index (Phi) is 8.28. The summed E-state index contributed by atoms with van der Waals surface area (Å²) in [6.45, 7) is 3.91. The molecule has 41 heavy (non-hydrogen) atoms. The third kappa shape index (κ3) is 6.21. The molecule has 2 heterocycles. The lowest BCUT2D eigenvalue weighted by atomic mass is 9.92. The highest BCUT2D eigenvalue weighted by Gasteiger charge is 2.38. The van der Waals surface area contributed by atoms with Gasteiger partial charge in [0.25, 0.3) is 5.91 Å². The van der Waals surface area contributed by atoms with Gasteiger partial charge in [-0.15, -0.1) is 0 Å². The van der Waals surface area contributed by atoms with Crippen LogP contribution in [-0.4, -0.2) is 42.1 Å². The number of fused-ring (bicyclic) bond motifs is 2. The van der Waals surface area contributed by atoms with Crippen LogP contribution in [0.1, 0.15) is 42.2 Å². The van der Waals surface area contributed by atoms with Gasteiger partial charge in [-0.25, -0.2) is 9.59 Å². The van der Waals surface area contributed by atoms with E-state index in [9.17, 15) is 14.4 Å². The van der Waals surface area contributed by atoms with Crippen molar-refractivity contribution >= 4 is 46.9 Å². The molecule has 0 fully saturated rings. The second kappa shape index (κ2) is 11.9. The van der Waals surface area contributed by atoms with Crippen LogP contribution in [-0.2, 0) is 38.6 Å². The molecule has 1 unspecified atom stereocenters. The van der Waals surface area contributed by atoms with Crippen LogP contribution in [0.25, 0.3) is 0 Å². The lowest BCUT2D eigenvalue weighted by Crippen LogP contribution is -2.49. The van der Waals surface area contributed by atoms with Crippen molar-refractivity contribution in [3.05, 3.63) is 86.9 Å². The topological polar surface area (TPSA) is 103 Å². The molecule has 0 radical (unpaired) electrons. The second-order valence-corrected chi connectivity index (χ2v) is 10.8. The second-order valence-electron chi connectivity index (χ2n) is 10.0. The number of methoxy groups -OCH3 is 1. The number of ether oxygens (including phenoxy) is 4. The minimum absolute atomic E-state index is 0.126. The van der Waals surface area contributed by atoms with Crippen LogP contribution < -0.4 is 14.8 Å². The zero-order chi connectivity index (χ0) is 29.3. The Morgan fingerprint density at radius 1 is 1.05 bits per heavy atom. The van der Waals surface area contributed by atoms with E-state index in [2.05, 4.69) is 5.32 Å². The molecule has 0 aliphatic carbocycles. The van der Waals surface area contributed by atoms with Crippen molar-refractivity contribution in [2.45, 2.75) is 51.7 Å². The number of carbonyl (C=O) groups excluding carboxylic acids is 3. The smallest absolute Gasteiger partial charge is 0.411 e. The fraction of sp³-hybridized carbons (Fsp3) is 0.300. The average molecular weight is 599 g/mol. The molecular formula is C30H28Cl2N2O7. The zero-order valence-corrected chi connectivity index (χ0v) is 24.1. The van der Waals surface area contributed by atoms with Crippen LogP contribution in [0, 0.1) is 0 Å². The van der Waals surface area contributed by atoms with Gasteiger partial charge in [0, 0.05) is 12.0 Å². The Morgan fingerprint density at radius 2 is 1.80 bits per heavy atom. The minimum Gasteiger partial charge on any atom is -0.489 e. The number of halogens is 2. The molecule has 0 saturated carbocycles. The predicted octanol–water partition coefficient (Wildman–Crippen LogP) is 6.09. The zero-order valence-electron chi connectivity index (χ0n) is 22.6. The Balaban J connectivity index is 1.32. The third-order valence-electron chi connectivity index (χ3n) is 6.79. The van der Waals surface area contributed by atoms with E-state index in [1.165, 1.54) is 12.0 Å². The summed E-state index contributed by atoms with van der Waals surface area (Å²) in [7, 11) is 1.28. The fourth-order valence-electron chi connectivity index (χ4n) is 4.75. The summed E-state index contributed by atoms with van der Waals surface area (Å²) in [5, 5.41) is 3.84. The first kappa shape index (κ1) is 28.6. The highest BCUT2D eigenvalue weighted by atomic mass is 35.5. The van der Waals surface area contributed by atoms with Crippen molar-refractivity contribution in [1.29, 1.82) is 0 Å². The molecule has 0 spiro atoms. The van der Waals surface area contributed by atoms with Gasteiger partial charge >= 0.3 is 12.1 Å². The quantitative estimate of drug-likeness (QED) is 0.342. The summed E-state index contributed by atoms with van der Waals surface area (Å²) in [5.41, 5.74) is 3.59. The number of hydrogen-bond donors (Lipinski definition) is 1. The first-order valence-electron chi connectivity index (χ1n) is 13.0. The summed E-state index contributed by atoms with van der Waals surface area (Å²) in [6, 6.07) is 15.1. The third-order valence-corrected chi connectivity index (χ3v) is 7.53. The van der Waals surface area contributed by atoms with Crippen LogP contribution in [0.4, 0.5) is 10.5 Å². The van der Waals surface area contributed by atoms with E-state index in [1.807, 2.05) is 6.07 Å². The van der Waals surface area contributed by atoms with E-state index >= 15 is 0 Å². The molecule has 2 amide bonds. The van der Waals surface area contributed by atoms with Gasteiger partial charge in [0.05, 0.1) is 35.5 Å². The largest absolute Gasteiger partial charge is 0.489 e. The van der Waals surface area contributed by atoms with Crippen molar-refractivity contribution in [3.8, 4) is 11.5 Å². The van der Waals surface area contributed by atoms with Crippen molar-refractivity contribution in [2.75, 3.05) is 12.4 Å².